The highest BCUT2D eigenvalue weighted by molar-refractivity contribution is 6.40. The summed E-state index contributed by atoms with van der Waals surface area (Å²) in [7, 11) is 1.25. The first-order valence-corrected chi connectivity index (χ1v) is 5.54. The van der Waals surface area contributed by atoms with Crippen LogP contribution in [0.1, 0.15) is 0 Å². The fourth-order valence-corrected chi connectivity index (χ4v) is 1.72. The normalized spacial score (nSPS) is 18.4. The van der Waals surface area contributed by atoms with Crippen LogP contribution >= 0.6 is 11.6 Å². The van der Waals surface area contributed by atoms with E-state index < -0.39 is 11.9 Å². The number of methoxy groups -OCH3 is 1. The summed E-state index contributed by atoms with van der Waals surface area (Å²) in [5, 5.41) is 5.96. The molecule has 1 aliphatic rings. The quantitative estimate of drug-likeness (QED) is 0.462. The number of rotatable bonds is 3. The van der Waals surface area contributed by atoms with Crippen LogP contribution in [0, 0.1) is 5.92 Å². The van der Waals surface area contributed by atoms with E-state index in [0.29, 0.717) is 17.1 Å². The second-order valence-electron chi connectivity index (χ2n) is 3.64. The molecule has 1 aromatic heterocycles. The number of pyridine rings is 1. The van der Waals surface area contributed by atoms with Gasteiger partial charge in [-0.1, -0.05) is 11.6 Å². The predicted molar refractivity (Wildman–Crippen MR) is 65.6 cm³/mol. The van der Waals surface area contributed by atoms with E-state index in [0.717, 1.165) is 0 Å². The third-order valence-corrected chi connectivity index (χ3v) is 2.74. The molecule has 0 spiro atoms. The van der Waals surface area contributed by atoms with E-state index in [9.17, 15) is 9.59 Å². The van der Waals surface area contributed by atoms with Crippen molar-refractivity contribution in [2.24, 2.45) is 11.0 Å². The molecule has 0 saturated carbocycles. The van der Waals surface area contributed by atoms with Crippen molar-refractivity contribution in [3.8, 4) is 0 Å². The van der Waals surface area contributed by atoms with Crippen molar-refractivity contribution in [3.63, 3.8) is 0 Å². The van der Waals surface area contributed by atoms with E-state index in [2.05, 4.69) is 14.8 Å². The van der Waals surface area contributed by atoms with Crippen molar-refractivity contribution in [1.82, 2.24) is 4.98 Å². The third kappa shape index (κ3) is 2.33. The lowest BCUT2D eigenvalue weighted by Crippen LogP contribution is -2.25. The van der Waals surface area contributed by atoms with Gasteiger partial charge in [-0.15, -0.1) is 0 Å². The number of halogens is 1. The molecular formula is C11H10ClN3O3. The van der Waals surface area contributed by atoms with Crippen molar-refractivity contribution >= 4 is 35.3 Å². The van der Waals surface area contributed by atoms with Gasteiger partial charge in [-0.3, -0.25) is 5.01 Å². The maximum atomic E-state index is 11.4. The van der Waals surface area contributed by atoms with Gasteiger partial charge in [0.15, 0.2) is 5.71 Å². The Labute approximate surface area is 108 Å². The summed E-state index contributed by atoms with van der Waals surface area (Å²) in [5.74, 6) is -1.19. The molecule has 2 heterocycles. The van der Waals surface area contributed by atoms with Crippen molar-refractivity contribution in [3.05, 3.63) is 23.5 Å². The van der Waals surface area contributed by atoms with Crippen LogP contribution in [-0.2, 0) is 14.3 Å². The Morgan fingerprint density at radius 3 is 2.94 bits per heavy atom. The van der Waals surface area contributed by atoms with Crippen molar-refractivity contribution in [1.29, 1.82) is 0 Å². The Hall–Kier alpha value is -1.95. The number of hydrazone groups is 1. The van der Waals surface area contributed by atoms with E-state index in [4.69, 9.17) is 11.6 Å². The van der Waals surface area contributed by atoms with Crippen molar-refractivity contribution in [2.45, 2.75) is 0 Å². The number of carbonyl (C=O) groups is 2. The number of hydrogen-bond donors (Lipinski definition) is 0. The van der Waals surface area contributed by atoms with Crippen LogP contribution in [0.25, 0.3) is 0 Å². The molecule has 6 nitrogen and oxygen atoms in total. The summed E-state index contributed by atoms with van der Waals surface area (Å²) in [6, 6.07) is 3.32. The van der Waals surface area contributed by atoms with E-state index in [1.165, 1.54) is 18.3 Å². The van der Waals surface area contributed by atoms with Crippen LogP contribution in [-0.4, -0.2) is 36.6 Å². The maximum absolute atomic E-state index is 11.4. The fraction of sp³-hybridized carbons (Fsp3) is 0.273. The van der Waals surface area contributed by atoms with Gasteiger partial charge in [0.2, 0.25) is 0 Å². The number of aldehydes is 1. The van der Waals surface area contributed by atoms with Crippen LogP contribution in [0.4, 0.5) is 5.69 Å². The van der Waals surface area contributed by atoms with Crippen molar-refractivity contribution < 1.29 is 14.3 Å². The predicted octanol–water partition coefficient (Wildman–Crippen LogP) is 0.899. The second-order valence-corrected chi connectivity index (χ2v) is 4.03. The number of carbonyl (C=O) groups excluding carboxylic acids is 2. The van der Waals surface area contributed by atoms with E-state index in [-0.39, 0.29) is 12.3 Å². The summed E-state index contributed by atoms with van der Waals surface area (Å²) >= 11 is 5.68. The topological polar surface area (TPSA) is 71.9 Å². The van der Waals surface area contributed by atoms with Gasteiger partial charge in [0.1, 0.15) is 11.4 Å². The van der Waals surface area contributed by atoms with E-state index >= 15 is 0 Å². The molecule has 0 amide bonds. The van der Waals surface area contributed by atoms with E-state index in [1.54, 1.807) is 12.1 Å². The van der Waals surface area contributed by atoms with Crippen LogP contribution in [0.15, 0.2) is 23.4 Å². The van der Waals surface area contributed by atoms with Gasteiger partial charge in [0.05, 0.1) is 31.5 Å². The minimum absolute atomic E-state index is 0.0995. The SMILES string of the molecule is COC(=O)C1=NN(c2ccc(Cl)nc2)CC1C=O. The molecule has 1 aliphatic heterocycles. The summed E-state index contributed by atoms with van der Waals surface area (Å²) < 4.78 is 4.58. The highest BCUT2D eigenvalue weighted by Gasteiger charge is 2.32. The molecule has 1 atom stereocenters. The number of ether oxygens (including phenoxy) is 1. The average Bonchev–Trinajstić information content (AvgIpc) is 2.82. The Kier molecular flexibility index (Phi) is 3.57. The molecule has 94 valence electrons. The second kappa shape index (κ2) is 5.14. The zero-order valence-electron chi connectivity index (χ0n) is 9.54. The third-order valence-electron chi connectivity index (χ3n) is 2.52. The highest BCUT2D eigenvalue weighted by Crippen LogP contribution is 2.22. The zero-order chi connectivity index (χ0) is 13.1. The lowest BCUT2D eigenvalue weighted by atomic mass is 10.1. The molecule has 2 rings (SSSR count). The molecule has 7 heteroatoms. The van der Waals surface area contributed by atoms with E-state index in [1.807, 2.05) is 0 Å². The van der Waals surface area contributed by atoms with Crippen LogP contribution in [0.2, 0.25) is 5.15 Å². The summed E-state index contributed by atoms with van der Waals surface area (Å²) in [6.07, 6.45) is 2.20. The smallest absolute Gasteiger partial charge is 0.355 e. The number of aromatic nitrogens is 1. The minimum Gasteiger partial charge on any atom is -0.464 e. The lowest BCUT2D eigenvalue weighted by Gasteiger charge is -2.13. The Balaban J connectivity index is 2.27. The van der Waals surface area contributed by atoms with Gasteiger partial charge >= 0.3 is 5.97 Å². The van der Waals surface area contributed by atoms with Gasteiger partial charge in [0.25, 0.3) is 0 Å². The first-order valence-electron chi connectivity index (χ1n) is 5.17. The molecule has 0 aromatic carbocycles. The molecule has 0 aliphatic carbocycles. The summed E-state index contributed by atoms with van der Waals surface area (Å²) in [6.45, 7) is 0.289. The lowest BCUT2D eigenvalue weighted by molar-refractivity contribution is -0.133. The Morgan fingerprint density at radius 2 is 2.39 bits per heavy atom. The molecule has 0 bridgehead atoms. The van der Waals surface area contributed by atoms with Gasteiger partial charge in [-0.2, -0.15) is 5.10 Å². The van der Waals surface area contributed by atoms with Gasteiger partial charge in [-0.05, 0) is 12.1 Å². The summed E-state index contributed by atoms with van der Waals surface area (Å²) in [4.78, 5) is 26.3. The minimum atomic E-state index is -0.600. The molecule has 0 saturated heterocycles. The standard InChI is InChI=1S/C11H10ClN3O3/c1-18-11(17)10-7(6-16)5-15(14-10)8-2-3-9(12)13-4-8/h2-4,6-7H,5H2,1H3. The number of anilines is 1. The first kappa shape index (κ1) is 12.5. The highest BCUT2D eigenvalue weighted by atomic mass is 35.5. The number of nitrogens with zero attached hydrogens (tertiary/aromatic N) is 3. The Morgan fingerprint density at radius 1 is 1.61 bits per heavy atom. The van der Waals surface area contributed by atoms with Crippen molar-refractivity contribution in [2.75, 3.05) is 18.7 Å². The molecule has 0 fully saturated rings. The number of esters is 1. The van der Waals surface area contributed by atoms with Gasteiger partial charge in [-0.25, -0.2) is 9.78 Å². The van der Waals surface area contributed by atoms with Crippen LogP contribution in [0.3, 0.4) is 0 Å². The first-order chi connectivity index (χ1) is 8.65. The summed E-state index contributed by atoms with van der Waals surface area (Å²) in [5.41, 5.74) is 0.757. The van der Waals surface area contributed by atoms with Crippen LogP contribution < -0.4 is 5.01 Å². The molecule has 0 N–H and O–H groups in total. The number of hydrogen-bond acceptors (Lipinski definition) is 6. The zero-order valence-corrected chi connectivity index (χ0v) is 10.3. The van der Waals surface area contributed by atoms with Crippen LogP contribution in [0.5, 0.6) is 0 Å². The molecule has 1 aromatic rings. The fourth-order valence-electron chi connectivity index (χ4n) is 1.61. The molecule has 0 radical (unpaired) electrons. The maximum Gasteiger partial charge on any atom is 0.355 e. The van der Waals surface area contributed by atoms with Gasteiger partial charge in [0, 0.05) is 0 Å². The molecule has 18 heavy (non-hydrogen) atoms. The Bertz CT molecular complexity index is 501. The largest absolute Gasteiger partial charge is 0.464 e. The molecule has 1 unspecified atom stereocenters. The van der Waals surface area contributed by atoms with Gasteiger partial charge < -0.3 is 9.53 Å². The average molecular weight is 268 g/mol. The molecular weight excluding hydrogens is 258 g/mol. The monoisotopic (exact) mass is 267 g/mol.